The van der Waals surface area contributed by atoms with Crippen molar-refractivity contribution >= 4 is 39.2 Å². The maximum Gasteiger partial charge on any atom is 0.0898 e. The van der Waals surface area contributed by atoms with Crippen molar-refractivity contribution in [2.24, 2.45) is 0 Å². The normalized spacial score (nSPS) is 12.4. The summed E-state index contributed by atoms with van der Waals surface area (Å²) < 4.78 is 1.23. The quantitative estimate of drug-likeness (QED) is 0.255. The number of hydrogen-bond acceptors (Lipinski definition) is 2. The van der Waals surface area contributed by atoms with E-state index in [1.54, 1.807) is 0 Å². The van der Waals surface area contributed by atoms with Crippen molar-refractivity contribution in [2.75, 3.05) is 0 Å². The van der Waals surface area contributed by atoms with Crippen molar-refractivity contribution in [1.82, 2.24) is 4.98 Å². The van der Waals surface area contributed by atoms with Gasteiger partial charge in [0, 0.05) is 26.6 Å². The van der Waals surface area contributed by atoms with Gasteiger partial charge in [0.25, 0.3) is 0 Å². The number of thiophene rings is 1. The van der Waals surface area contributed by atoms with E-state index in [1.807, 2.05) is 17.4 Å². The van der Waals surface area contributed by atoms with Crippen LogP contribution in [0.25, 0.3) is 38.7 Å². The van der Waals surface area contributed by atoms with Crippen LogP contribution in [-0.4, -0.2) is 4.98 Å². The molecule has 0 fully saturated rings. The molecule has 168 valence electrons. The number of benzene rings is 2. The molecule has 0 radical (unpaired) electrons. The minimum atomic E-state index is 0.398. The van der Waals surface area contributed by atoms with Gasteiger partial charge in [-0.15, -0.1) is 11.3 Å². The van der Waals surface area contributed by atoms with Gasteiger partial charge in [-0.2, -0.15) is 0 Å². The van der Waals surface area contributed by atoms with Gasteiger partial charge in [0.2, 0.25) is 0 Å². The van der Waals surface area contributed by atoms with Crippen molar-refractivity contribution < 1.29 is 0 Å². The number of pyridine rings is 1. The van der Waals surface area contributed by atoms with Gasteiger partial charge in [-0.25, -0.2) is 4.98 Å². The third kappa shape index (κ3) is 5.13. The van der Waals surface area contributed by atoms with Gasteiger partial charge >= 0.3 is 0 Å². The maximum absolute atomic E-state index is 6.52. The highest BCUT2D eigenvalue weighted by Gasteiger charge is 2.17. The van der Waals surface area contributed by atoms with Crippen molar-refractivity contribution in [1.29, 1.82) is 0 Å². The Kier molecular flexibility index (Phi) is 7.17. The second-order valence-corrected chi connectivity index (χ2v) is 10.5. The van der Waals surface area contributed by atoms with E-state index in [2.05, 4.69) is 101 Å². The molecule has 0 spiro atoms. The Morgan fingerprint density at radius 1 is 1.06 bits per heavy atom. The molecule has 0 atom stereocenters. The lowest BCUT2D eigenvalue weighted by Crippen LogP contribution is -1.92. The number of rotatable bonds is 6. The first-order valence-electron chi connectivity index (χ1n) is 11.5. The van der Waals surface area contributed by atoms with E-state index in [9.17, 15) is 0 Å². The van der Waals surface area contributed by atoms with E-state index in [0.29, 0.717) is 5.92 Å². The van der Waals surface area contributed by atoms with Gasteiger partial charge in [-0.05, 0) is 61.6 Å². The van der Waals surface area contributed by atoms with Crippen molar-refractivity contribution in [2.45, 2.75) is 47.0 Å². The van der Waals surface area contributed by atoms with Crippen LogP contribution in [0.1, 0.15) is 56.0 Å². The molecule has 3 heteroatoms. The van der Waals surface area contributed by atoms with Gasteiger partial charge in [0.05, 0.1) is 15.9 Å². The monoisotopic (exact) mass is 471 g/mol. The summed E-state index contributed by atoms with van der Waals surface area (Å²) in [6, 6.07) is 19.1. The Morgan fingerprint density at radius 2 is 1.82 bits per heavy atom. The molecule has 0 saturated carbocycles. The highest BCUT2D eigenvalue weighted by Crippen LogP contribution is 2.40. The molecule has 0 amide bonds. The van der Waals surface area contributed by atoms with Crippen LogP contribution in [0.4, 0.5) is 0 Å². The van der Waals surface area contributed by atoms with Crippen LogP contribution in [0.2, 0.25) is 5.02 Å². The molecular weight excluding hydrogens is 442 g/mol. The molecule has 33 heavy (non-hydrogen) atoms. The smallest absolute Gasteiger partial charge is 0.0898 e. The van der Waals surface area contributed by atoms with Crippen molar-refractivity contribution in [3.63, 3.8) is 0 Å². The number of fused-ring (bicyclic) bond motifs is 1. The van der Waals surface area contributed by atoms with Crippen LogP contribution in [0.3, 0.4) is 0 Å². The average molecular weight is 472 g/mol. The fourth-order valence-electron chi connectivity index (χ4n) is 3.89. The van der Waals surface area contributed by atoms with E-state index in [1.165, 1.54) is 37.4 Å². The number of hydrogen-bond donors (Lipinski definition) is 0. The van der Waals surface area contributed by atoms with Crippen LogP contribution in [0.5, 0.6) is 0 Å². The molecule has 0 aliphatic carbocycles. The largest absolute Gasteiger partial charge is 0.246 e. The first-order chi connectivity index (χ1) is 15.9. The zero-order valence-corrected chi connectivity index (χ0v) is 21.5. The Bertz CT molecular complexity index is 1340. The van der Waals surface area contributed by atoms with E-state index in [0.717, 1.165) is 28.2 Å². The number of aromatic nitrogens is 1. The third-order valence-corrected chi connectivity index (χ3v) is 7.39. The number of allylic oxidation sites excluding steroid dienone is 3. The molecule has 4 aromatic rings. The summed E-state index contributed by atoms with van der Waals surface area (Å²) in [6.45, 7) is 10.9. The SMILES string of the molecule is CCC(C)=C/C=C\c1c(C)sc2c(-c3ccccc3)cc(-c3cc(Cl)cc(C(C)C)c3)nc12. The van der Waals surface area contributed by atoms with Crippen molar-refractivity contribution in [3.8, 4) is 22.4 Å². The zero-order valence-electron chi connectivity index (χ0n) is 19.9. The summed E-state index contributed by atoms with van der Waals surface area (Å²) >= 11 is 8.34. The molecule has 0 aliphatic rings. The summed E-state index contributed by atoms with van der Waals surface area (Å²) in [7, 11) is 0. The van der Waals surface area contributed by atoms with Gasteiger partial charge in [0.1, 0.15) is 0 Å². The summed E-state index contributed by atoms with van der Waals surface area (Å²) in [5.41, 5.74) is 9.28. The minimum absolute atomic E-state index is 0.398. The van der Waals surface area contributed by atoms with Crippen LogP contribution in [0, 0.1) is 6.92 Å². The molecule has 0 unspecified atom stereocenters. The molecule has 0 bridgehead atoms. The lowest BCUT2D eigenvalue weighted by atomic mass is 9.97. The second kappa shape index (κ2) is 10.1. The molecule has 0 N–H and O–H groups in total. The first-order valence-corrected chi connectivity index (χ1v) is 12.7. The highest BCUT2D eigenvalue weighted by atomic mass is 35.5. The van der Waals surface area contributed by atoms with Crippen molar-refractivity contribution in [3.05, 3.63) is 93.3 Å². The zero-order chi connectivity index (χ0) is 23.5. The lowest BCUT2D eigenvalue weighted by molar-refractivity contribution is 0.867. The fourth-order valence-corrected chi connectivity index (χ4v) is 5.25. The standard InChI is InChI=1S/C30H30ClNS/c1-6-20(4)11-10-14-26-21(5)33-30-27(22-12-8-7-9-13-22)18-28(32-29(26)30)24-15-23(19(2)3)16-25(31)17-24/h7-19H,6H2,1-5H3/b14-10-,20-11?. The first kappa shape index (κ1) is 23.5. The summed E-state index contributed by atoms with van der Waals surface area (Å²) in [5.74, 6) is 0.398. The predicted molar refractivity (Wildman–Crippen MR) is 147 cm³/mol. The number of halogens is 1. The topological polar surface area (TPSA) is 12.9 Å². The molecule has 0 aliphatic heterocycles. The highest BCUT2D eigenvalue weighted by molar-refractivity contribution is 7.19. The lowest BCUT2D eigenvalue weighted by Gasteiger charge is -2.12. The van der Waals surface area contributed by atoms with E-state index in [-0.39, 0.29) is 0 Å². The third-order valence-electron chi connectivity index (χ3n) is 6.03. The Hall–Kier alpha value is -2.68. The fraction of sp³-hybridized carbons (Fsp3) is 0.233. The minimum Gasteiger partial charge on any atom is -0.246 e. The Morgan fingerprint density at radius 3 is 2.52 bits per heavy atom. The molecular formula is C30H30ClNS. The molecule has 4 rings (SSSR count). The van der Waals surface area contributed by atoms with Gasteiger partial charge < -0.3 is 0 Å². The number of aryl methyl sites for hydroxylation is 1. The maximum atomic E-state index is 6.52. The number of nitrogens with zero attached hydrogens (tertiary/aromatic N) is 1. The average Bonchev–Trinajstić information content (AvgIpc) is 3.13. The summed E-state index contributed by atoms with van der Waals surface area (Å²) in [6.07, 6.45) is 7.61. The summed E-state index contributed by atoms with van der Waals surface area (Å²) in [5, 5.41) is 0.751. The van der Waals surface area contributed by atoms with E-state index >= 15 is 0 Å². The Balaban J connectivity index is 1.98. The second-order valence-electron chi connectivity index (χ2n) is 8.82. The van der Waals surface area contributed by atoms with E-state index in [4.69, 9.17) is 16.6 Å². The molecule has 0 saturated heterocycles. The van der Waals surface area contributed by atoms with Gasteiger partial charge in [-0.3, -0.25) is 0 Å². The Labute approximate surface area is 206 Å². The van der Waals surface area contributed by atoms with Gasteiger partial charge in [-0.1, -0.05) is 86.5 Å². The van der Waals surface area contributed by atoms with Crippen LogP contribution in [-0.2, 0) is 0 Å². The molecule has 2 aromatic carbocycles. The summed E-state index contributed by atoms with van der Waals surface area (Å²) in [4.78, 5) is 6.47. The van der Waals surface area contributed by atoms with Crippen LogP contribution >= 0.6 is 22.9 Å². The van der Waals surface area contributed by atoms with Crippen LogP contribution in [0.15, 0.2) is 72.3 Å². The molecule has 1 nitrogen and oxygen atoms in total. The predicted octanol–water partition coefficient (Wildman–Crippen LogP) is 10.1. The van der Waals surface area contributed by atoms with E-state index < -0.39 is 0 Å². The molecule has 2 aromatic heterocycles. The van der Waals surface area contributed by atoms with Gasteiger partial charge in [0.15, 0.2) is 0 Å². The molecule has 2 heterocycles. The van der Waals surface area contributed by atoms with Crippen LogP contribution < -0.4 is 0 Å².